The lowest BCUT2D eigenvalue weighted by molar-refractivity contribution is 0.510. The lowest BCUT2D eigenvalue weighted by Gasteiger charge is -2.06. The molecule has 0 amide bonds. The molecule has 0 aliphatic carbocycles. The molecule has 1 aromatic rings. The summed E-state index contributed by atoms with van der Waals surface area (Å²) in [5, 5.41) is 0. The molecule has 0 aliphatic rings. The van der Waals surface area contributed by atoms with E-state index in [1.807, 2.05) is 13.8 Å². The number of rotatable bonds is 4. The molecule has 1 aromatic heterocycles. The number of aromatic nitrogens is 2. The third-order valence-corrected chi connectivity index (χ3v) is 3.15. The first-order valence-electron chi connectivity index (χ1n) is 4.50. The first kappa shape index (κ1) is 13.0. The molecule has 1 rings (SSSR count). The highest BCUT2D eigenvalue weighted by molar-refractivity contribution is 8.35. The van der Waals surface area contributed by atoms with Crippen molar-refractivity contribution in [1.82, 2.24) is 9.97 Å². The standard InChI is InChI=1S/C8H11N2O4PS/c1-5(2)8-9-6(3)4-7(10-8)14-16(13)15(11)12/h4-5H,1-3H3. The van der Waals surface area contributed by atoms with Crippen molar-refractivity contribution in [2.24, 2.45) is 0 Å². The molecule has 0 aromatic carbocycles. The Bertz CT molecular complexity index is 479. The van der Waals surface area contributed by atoms with Crippen LogP contribution in [0.4, 0.5) is 0 Å². The zero-order valence-electron chi connectivity index (χ0n) is 9.04. The van der Waals surface area contributed by atoms with E-state index < -0.39 is 17.6 Å². The molecule has 1 atom stereocenters. The van der Waals surface area contributed by atoms with Gasteiger partial charge in [-0.2, -0.15) is 9.19 Å². The molecular formula is C8H11N2O4PS. The van der Waals surface area contributed by atoms with Gasteiger partial charge in [-0.1, -0.05) is 13.8 Å². The minimum Gasteiger partial charge on any atom is -0.369 e. The average molecular weight is 262 g/mol. The van der Waals surface area contributed by atoms with Gasteiger partial charge in [0.1, 0.15) is 5.82 Å². The fourth-order valence-corrected chi connectivity index (χ4v) is 1.67. The first-order chi connectivity index (χ1) is 7.40. The second-order valence-electron chi connectivity index (χ2n) is 3.38. The second kappa shape index (κ2) is 5.32. The Morgan fingerprint density at radius 1 is 1.38 bits per heavy atom. The van der Waals surface area contributed by atoms with E-state index in [1.54, 1.807) is 6.92 Å². The predicted molar refractivity (Wildman–Crippen MR) is 57.9 cm³/mol. The van der Waals surface area contributed by atoms with E-state index in [1.165, 1.54) is 6.07 Å². The molecule has 16 heavy (non-hydrogen) atoms. The van der Waals surface area contributed by atoms with Crippen LogP contribution in [0, 0.1) is 6.92 Å². The van der Waals surface area contributed by atoms with Crippen LogP contribution in [-0.2, 0) is 19.8 Å². The van der Waals surface area contributed by atoms with E-state index in [9.17, 15) is 13.3 Å². The smallest absolute Gasteiger partial charge is 0.369 e. The highest BCUT2D eigenvalue weighted by Crippen LogP contribution is 2.19. The SMILES string of the molecule is Cc1cc(OS(=O)P(=O)=O)nc(C(C)C)n1. The molecule has 0 N–H and O–H groups in total. The van der Waals surface area contributed by atoms with Crippen molar-refractivity contribution >= 4 is 17.6 Å². The van der Waals surface area contributed by atoms with Crippen LogP contribution >= 0.6 is 6.88 Å². The van der Waals surface area contributed by atoms with Gasteiger partial charge in [0, 0.05) is 17.7 Å². The van der Waals surface area contributed by atoms with Gasteiger partial charge in [-0.25, -0.2) is 14.1 Å². The number of aryl methyl sites for hydroxylation is 1. The molecule has 0 radical (unpaired) electrons. The minimum atomic E-state index is -3.13. The lowest BCUT2D eigenvalue weighted by Crippen LogP contribution is -2.03. The van der Waals surface area contributed by atoms with Gasteiger partial charge in [0.05, 0.1) is 0 Å². The largest absolute Gasteiger partial charge is 0.447 e. The molecule has 8 heteroatoms. The Morgan fingerprint density at radius 2 is 2.00 bits per heavy atom. The Kier molecular flexibility index (Phi) is 4.32. The highest BCUT2D eigenvalue weighted by atomic mass is 32.7. The summed E-state index contributed by atoms with van der Waals surface area (Å²) in [7, 11) is -2.39. The van der Waals surface area contributed by atoms with Crippen molar-refractivity contribution < 1.29 is 17.5 Å². The Labute approximate surface area is 95.7 Å². The van der Waals surface area contributed by atoms with E-state index in [2.05, 4.69) is 14.2 Å². The Hall–Kier alpha value is -1.07. The molecule has 0 saturated heterocycles. The van der Waals surface area contributed by atoms with Crippen LogP contribution in [0.1, 0.15) is 31.3 Å². The zero-order chi connectivity index (χ0) is 12.3. The monoisotopic (exact) mass is 262 g/mol. The van der Waals surface area contributed by atoms with Gasteiger partial charge in [-0.15, -0.1) is 0 Å². The van der Waals surface area contributed by atoms with Crippen molar-refractivity contribution in [2.75, 3.05) is 0 Å². The second-order valence-corrected chi connectivity index (χ2v) is 6.22. The Balaban J connectivity index is 3.01. The van der Waals surface area contributed by atoms with Gasteiger partial charge in [-0.05, 0) is 6.92 Å². The molecule has 1 heterocycles. The minimum absolute atomic E-state index is 0.00809. The molecule has 0 aliphatic heterocycles. The maximum absolute atomic E-state index is 10.9. The van der Waals surface area contributed by atoms with Gasteiger partial charge >= 0.3 is 17.6 Å². The Morgan fingerprint density at radius 3 is 2.50 bits per heavy atom. The van der Waals surface area contributed by atoms with E-state index in [-0.39, 0.29) is 11.8 Å². The van der Waals surface area contributed by atoms with Crippen molar-refractivity contribution in [3.05, 3.63) is 17.6 Å². The predicted octanol–water partition coefficient (Wildman–Crippen LogP) is 2.04. The van der Waals surface area contributed by atoms with Crippen LogP contribution in [0.5, 0.6) is 5.88 Å². The lowest BCUT2D eigenvalue weighted by atomic mass is 10.2. The maximum atomic E-state index is 10.9. The molecule has 1 unspecified atom stereocenters. The van der Waals surface area contributed by atoms with Gasteiger partial charge in [0.15, 0.2) is 0 Å². The van der Waals surface area contributed by atoms with Gasteiger partial charge in [-0.3, -0.25) is 0 Å². The summed E-state index contributed by atoms with van der Waals surface area (Å²) in [5.41, 5.74) is 0.631. The van der Waals surface area contributed by atoms with Gasteiger partial charge in [0.25, 0.3) is 0 Å². The molecule has 0 spiro atoms. The van der Waals surface area contributed by atoms with Crippen molar-refractivity contribution in [3.8, 4) is 5.88 Å². The van der Waals surface area contributed by atoms with Crippen molar-refractivity contribution in [3.63, 3.8) is 0 Å². The van der Waals surface area contributed by atoms with E-state index in [0.717, 1.165) is 0 Å². The van der Waals surface area contributed by atoms with Crippen molar-refractivity contribution in [1.29, 1.82) is 0 Å². The summed E-state index contributed by atoms with van der Waals surface area (Å²) < 4.78 is 36.4. The highest BCUT2D eigenvalue weighted by Gasteiger charge is 2.12. The van der Waals surface area contributed by atoms with Crippen LogP contribution in [0.15, 0.2) is 6.07 Å². The van der Waals surface area contributed by atoms with E-state index in [0.29, 0.717) is 11.5 Å². The van der Waals surface area contributed by atoms with Crippen LogP contribution < -0.4 is 4.18 Å². The zero-order valence-corrected chi connectivity index (χ0v) is 10.7. The van der Waals surface area contributed by atoms with Gasteiger partial charge in [0.2, 0.25) is 5.88 Å². The van der Waals surface area contributed by atoms with Crippen LogP contribution in [0.3, 0.4) is 0 Å². The summed E-state index contributed by atoms with van der Waals surface area (Å²) in [6.45, 7) is 2.38. The quantitative estimate of drug-likeness (QED) is 0.772. The summed E-state index contributed by atoms with van der Waals surface area (Å²) in [6, 6.07) is 1.43. The molecule has 0 saturated carbocycles. The average Bonchev–Trinajstić information content (AvgIpc) is 2.16. The third kappa shape index (κ3) is 3.50. The first-order valence-corrected chi connectivity index (χ1v) is 7.36. The summed E-state index contributed by atoms with van der Waals surface area (Å²) in [5.74, 6) is 0.610. The van der Waals surface area contributed by atoms with Crippen LogP contribution in [0.25, 0.3) is 0 Å². The molecule has 6 nitrogen and oxygen atoms in total. The normalized spacial score (nSPS) is 12.5. The topological polar surface area (TPSA) is 86.2 Å². The van der Waals surface area contributed by atoms with E-state index in [4.69, 9.17) is 0 Å². The van der Waals surface area contributed by atoms with E-state index >= 15 is 0 Å². The number of hydrogen-bond acceptors (Lipinski definition) is 6. The molecule has 88 valence electrons. The third-order valence-electron chi connectivity index (χ3n) is 1.64. The molecule has 0 bridgehead atoms. The fraction of sp³-hybridized carbons (Fsp3) is 0.500. The molecule has 0 fully saturated rings. The fourth-order valence-electron chi connectivity index (χ4n) is 0.966. The number of nitrogens with zero attached hydrogens (tertiary/aromatic N) is 2. The van der Waals surface area contributed by atoms with Crippen LogP contribution in [-0.4, -0.2) is 14.2 Å². The summed E-state index contributed by atoms with van der Waals surface area (Å²) in [6.07, 6.45) is 0. The number of hydrogen-bond donors (Lipinski definition) is 0. The maximum Gasteiger partial charge on any atom is 0.447 e. The summed E-state index contributed by atoms with van der Waals surface area (Å²) in [4.78, 5) is 8.11. The van der Waals surface area contributed by atoms with Crippen molar-refractivity contribution in [2.45, 2.75) is 26.7 Å². The van der Waals surface area contributed by atoms with Gasteiger partial charge < -0.3 is 4.18 Å². The summed E-state index contributed by atoms with van der Waals surface area (Å²) >= 11 is 0. The molecular weight excluding hydrogens is 251 g/mol. The van der Waals surface area contributed by atoms with Crippen LogP contribution in [0.2, 0.25) is 0 Å².